The molecule has 1 heteroatoms. The molecule has 0 spiro atoms. The highest BCUT2D eigenvalue weighted by Crippen LogP contribution is 2.48. The number of fused-ring (bicyclic) bond motifs is 3. The van der Waals surface area contributed by atoms with E-state index in [4.69, 9.17) is 0 Å². The summed E-state index contributed by atoms with van der Waals surface area (Å²) in [6, 6.07) is 85.5. The number of nitrogens with zero attached hydrogens (tertiary/aromatic N) is 1. The topological polar surface area (TPSA) is 3.24 Å². The van der Waals surface area contributed by atoms with E-state index in [2.05, 4.69) is 241 Å². The van der Waals surface area contributed by atoms with Crippen LogP contribution in [0.2, 0.25) is 0 Å². The smallest absolute Gasteiger partial charge is 0.0618 e. The molecule has 0 aliphatic heterocycles. The Morgan fingerprint density at radius 2 is 0.632 bits per heavy atom. The van der Waals surface area contributed by atoms with Gasteiger partial charge in [-0.3, -0.25) is 0 Å². The Bertz CT molecular complexity index is 2900. The zero-order valence-electron chi connectivity index (χ0n) is 31.5. The van der Waals surface area contributed by atoms with Crippen LogP contribution in [0.15, 0.2) is 237 Å². The normalized spacial score (nSPS) is 11.2. The summed E-state index contributed by atoms with van der Waals surface area (Å²) >= 11 is 0. The van der Waals surface area contributed by atoms with Gasteiger partial charge in [-0.15, -0.1) is 0 Å². The molecule has 10 aromatic rings. The fraction of sp³-hybridized carbons (Fsp3) is 0. The van der Waals surface area contributed by atoms with Crippen LogP contribution in [-0.2, 0) is 0 Å². The maximum atomic E-state index is 2.42. The van der Waals surface area contributed by atoms with Gasteiger partial charge in [0.2, 0.25) is 0 Å². The third kappa shape index (κ3) is 6.36. The molecule has 0 aliphatic rings. The number of rotatable bonds is 8. The molecule has 0 fully saturated rings. The minimum atomic E-state index is 1.09. The van der Waals surface area contributed by atoms with Crippen molar-refractivity contribution in [2.24, 2.45) is 0 Å². The van der Waals surface area contributed by atoms with Crippen molar-refractivity contribution >= 4 is 38.6 Å². The van der Waals surface area contributed by atoms with Crippen molar-refractivity contribution < 1.29 is 0 Å². The molecule has 268 valence electrons. The number of para-hydroxylation sites is 2. The predicted octanol–water partition coefficient (Wildman–Crippen LogP) is 15.8. The minimum Gasteiger partial charge on any atom is -0.309 e. The van der Waals surface area contributed by atoms with Gasteiger partial charge in [0.25, 0.3) is 0 Å². The van der Waals surface area contributed by atoms with E-state index < -0.39 is 0 Å². The number of benzene rings is 10. The predicted molar refractivity (Wildman–Crippen MR) is 243 cm³/mol. The Hall–Kier alpha value is -7.48. The first-order valence-corrected chi connectivity index (χ1v) is 19.6. The van der Waals surface area contributed by atoms with E-state index in [9.17, 15) is 0 Å². The van der Waals surface area contributed by atoms with Crippen LogP contribution in [0.4, 0.5) is 17.1 Å². The summed E-state index contributed by atoms with van der Waals surface area (Å²) in [6.07, 6.45) is 0. The fourth-order valence-corrected chi connectivity index (χ4v) is 8.45. The molecule has 0 aromatic heterocycles. The molecule has 0 N–H and O–H groups in total. The average molecular weight is 726 g/mol. The summed E-state index contributed by atoms with van der Waals surface area (Å²) in [4.78, 5) is 2.42. The van der Waals surface area contributed by atoms with Gasteiger partial charge >= 0.3 is 0 Å². The lowest BCUT2D eigenvalue weighted by Gasteiger charge is -2.30. The molecule has 1 nitrogen and oxygen atoms in total. The maximum Gasteiger partial charge on any atom is 0.0618 e. The third-order valence-electron chi connectivity index (χ3n) is 11.1. The van der Waals surface area contributed by atoms with Crippen molar-refractivity contribution in [1.82, 2.24) is 0 Å². The Balaban J connectivity index is 1.15. The first-order valence-electron chi connectivity index (χ1n) is 19.6. The highest BCUT2D eigenvalue weighted by atomic mass is 15.1. The monoisotopic (exact) mass is 725 g/mol. The van der Waals surface area contributed by atoms with Gasteiger partial charge in [0.1, 0.15) is 0 Å². The number of hydrogen-bond donors (Lipinski definition) is 0. The molecule has 0 radical (unpaired) electrons. The zero-order chi connectivity index (χ0) is 38.0. The molecule has 0 saturated heterocycles. The van der Waals surface area contributed by atoms with Crippen LogP contribution < -0.4 is 4.90 Å². The minimum absolute atomic E-state index is 1.09. The number of anilines is 3. The molecule has 0 amide bonds. The van der Waals surface area contributed by atoms with Crippen molar-refractivity contribution in [1.29, 1.82) is 0 Å². The van der Waals surface area contributed by atoms with Crippen molar-refractivity contribution in [3.05, 3.63) is 237 Å². The zero-order valence-corrected chi connectivity index (χ0v) is 31.5. The van der Waals surface area contributed by atoms with Gasteiger partial charge in [-0.1, -0.05) is 206 Å². The highest BCUT2D eigenvalue weighted by molar-refractivity contribution is 6.22. The van der Waals surface area contributed by atoms with Crippen LogP contribution in [-0.4, -0.2) is 0 Å². The van der Waals surface area contributed by atoms with Crippen LogP contribution in [0.5, 0.6) is 0 Å². The van der Waals surface area contributed by atoms with E-state index in [1.165, 1.54) is 77.2 Å². The third-order valence-corrected chi connectivity index (χ3v) is 11.1. The Kier molecular flexibility index (Phi) is 8.95. The van der Waals surface area contributed by atoms with Crippen molar-refractivity contribution in [3.63, 3.8) is 0 Å². The van der Waals surface area contributed by atoms with Gasteiger partial charge in [0.15, 0.2) is 0 Å². The first kappa shape index (κ1) is 34.0. The molecule has 0 unspecified atom stereocenters. The summed E-state index contributed by atoms with van der Waals surface area (Å²) in [5.41, 5.74) is 15.4. The Labute approximate surface area is 334 Å². The standard InChI is InChI=1S/C56H39N/c1-6-19-41(20-7-1)48-31-18-32-49(42-21-8-2-9-22-42)56(48)57(46-27-14-5-15-28-46)47-36-33-40(34-37-47)45-35-38-52-53(39-45)50-29-16-17-30-51(50)54(43-23-10-3-11-24-43)55(52)44-25-12-4-13-26-44/h1-39H. The lowest BCUT2D eigenvalue weighted by atomic mass is 9.84. The van der Waals surface area contributed by atoms with Crippen LogP contribution >= 0.6 is 0 Å². The summed E-state index contributed by atoms with van der Waals surface area (Å²) in [5, 5.41) is 5.01. The molecule has 0 saturated carbocycles. The van der Waals surface area contributed by atoms with Gasteiger partial charge < -0.3 is 4.90 Å². The second kappa shape index (κ2) is 15.0. The van der Waals surface area contributed by atoms with Gasteiger partial charge in [0, 0.05) is 22.5 Å². The quantitative estimate of drug-likeness (QED) is 0.141. The number of hydrogen-bond acceptors (Lipinski definition) is 1. The van der Waals surface area contributed by atoms with Gasteiger partial charge in [-0.25, -0.2) is 0 Å². The fourth-order valence-electron chi connectivity index (χ4n) is 8.45. The van der Waals surface area contributed by atoms with Crippen LogP contribution in [0.3, 0.4) is 0 Å². The second-order valence-corrected chi connectivity index (χ2v) is 14.4. The largest absolute Gasteiger partial charge is 0.309 e. The Morgan fingerprint density at radius 1 is 0.228 bits per heavy atom. The average Bonchev–Trinajstić information content (AvgIpc) is 3.30. The molecule has 0 aliphatic carbocycles. The van der Waals surface area contributed by atoms with E-state index in [0.717, 1.165) is 17.1 Å². The Morgan fingerprint density at radius 3 is 1.16 bits per heavy atom. The summed E-state index contributed by atoms with van der Waals surface area (Å²) in [5.74, 6) is 0. The molecular formula is C56H39N. The molecule has 0 atom stereocenters. The molecular weight excluding hydrogens is 687 g/mol. The summed E-state index contributed by atoms with van der Waals surface area (Å²) < 4.78 is 0. The van der Waals surface area contributed by atoms with Gasteiger partial charge in [0.05, 0.1) is 5.69 Å². The lowest BCUT2D eigenvalue weighted by molar-refractivity contribution is 1.28. The van der Waals surface area contributed by atoms with E-state index in [-0.39, 0.29) is 0 Å². The van der Waals surface area contributed by atoms with Crippen LogP contribution in [0.25, 0.3) is 77.2 Å². The van der Waals surface area contributed by atoms with Crippen molar-refractivity contribution in [2.75, 3.05) is 4.90 Å². The lowest BCUT2D eigenvalue weighted by Crippen LogP contribution is -2.12. The first-order chi connectivity index (χ1) is 28.3. The van der Waals surface area contributed by atoms with Gasteiger partial charge in [-0.2, -0.15) is 0 Å². The molecule has 10 rings (SSSR count). The van der Waals surface area contributed by atoms with E-state index >= 15 is 0 Å². The molecule has 0 heterocycles. The SMILES string of the molecule is c1ccc(-c2cccc(-c3ccccc3)c2N(c2ccccc2)c2ccc(-c3ccc4c(-c5ccccc5)c(-c5ccccc5)c5ccccc5c4c3)cc2)cc1. The molecule has 0 bridgehead atoms. The molecule has 10 aromatic carbocycles. The summed E-state index contributed by atoms with van der Waals surface area (Å²) in [6.45, 7) is 0. The highest BCUT2D eigenvalue weighted by Gasteiger charge is 2.22. The van der Waals surface area contributed by atoms with Crippen molar-refractivity contribution in [2.45, 2.75) is 0 Å². The summed E-state index contributed by atoms with van der Waals surface area (Å²) in [7, 11) is 0. The van der Waals surface area contributed by atoms with E-state index in [1.54, 1.807) is 0 Å². The van der Waals surface area contributed by atoms with Crippen molar-refractivity contribution in [3.8, 4) is 55.6 Å². The maximum absolute atomic E-state index is 2.42. The van der Waals surface area contributed by atoms with E-state index in [1.807, 2.05) is 0 Å². The second-order valence-electron chi connectivity index (χ2n) is 14.4. The van der Waals surface area contributed by atoms with Crippen LogP contribution in [0, 0.1) is 0 Å². The van der Waals surface area contributed by atoms with Gasteiger partial charge in [-0.05, 0) is 96.4 Å². The van der Waals surface area contributed by atoms with Crippen LogP contribution in [0.1, 0.15) is 0 Å². The van der Waals surface area contributed by atoms with E-state index in [0.29, 0.717) is 0 Å². The molecule has 57 heavy (non-hydrogen) atoms.